The van der Waals surface area contributed by atoms with Crippen molar-refractivity contribution in [1.29, 1.82) is 0 Å². The standard InChI is InChI=1S/C25H28N2O2S/c26-25(30)27-16-8-12-21-22(27)13-7-15-24(21)29-18-5-1-4-17-28-23-14-6-10-19-9-2-3-11-20(19)23/h2-3,6-7,9-11,13-15H,1,4-5,8,12,16-18H2,(H2,26,30). The van der Waals surface area contributed by atoms with E-state index in [4.69, 9.17) is 27.4 Å². The van der Waals surface area contributed by atoms with Gasteiger partial charge in [0.2, 0.25) is 0 Å². The van der Waals surface area contributed by atoms with E-state index >= 15 is 0 Å². The van der Waals surface area contributed by atoms with Crippen LogP contribution in [0.4, 0.5) is 5.69 Å². The Labute approximate surface area is 183 Å². The number of nitrogens with zero attached hydrogens (tertiary/aromatic N) is 1. The van der Waals surface area contributed by atoms with Crippen molar-refractivity contribution >= 4 is 33.8 Å². The molecule has 0 atom stereocenters. The zero-order chi connectivity index (χ0) is 20.8. The van der Waals surface area contributed by atoms with E-state index < -0.39 is 0 Å². The number of hydrogen-bond acceptors (Lipinski definition) is 3. The normalized spacial score (nSPS) is 13.1. The van der Waals surface area contributed by atoms with Crippen LogP contribution in [0.25, 0.3) is 10.8 Å². The van der Waals surface area contributed by atoms with Crippen molar-refractivity contribution in [2.75, 3.05) is 24.7 Å². The van der Waals surface area contributed by atoms with E-state index in [0.717, 1.165) is 62.4 Å². The highest BCUT2D eigenvalue weighted by atomic mass is 32.1. The highest BCUT2D eigenvalue weighted by Crippen LogP contribution is 2.34. The summed E-state index contributed by atoms with van der Waals surface area (Å²) < 4.78 is 12.1. The molecular weight excluding hydrogens is 392 g/mol. The van der Waals surface area contributed by atoms with Crippen LogP contribution in [0, 0.1) is 0 Å². The van der Waals surface area contributed by atoms with Gasteiger partial charge in [0.05, 0.1) is 13.2 Å². The molecular formula is C25H28N2O2S. The molecule has 2 N–H and O–H groups in total. The number of unbranched alkanes of at least 4 members (excludes halogenated alkanes) is 2. The van der Waals surface area contributed by atoms with Crippen LogP contribution in [-0.2, 0) is 6.42 Å². The third-order valence-corrected chi connectivity index (χ3v) is 5.75. The zero-order valence-corrected chi connectivity index (χ0v) is 18.0. The molecule has 1 aliphatic rings. The molecule has 3 aromatic rings. The lowest BCUT2D eigenvalue weighted by molar-refractivity contribution is 0.279. The highest BCUT2D eigenvalue weighted by Gasteiger charge is 2.21. The molecule has 4 nitrogen and oxygen atoms in total. The first-order valence-corrected chi connectivity index (χ1v) is 11.1. The number of hydrogen-bond donors (Lipinski definition) is 1. The molecule has 0 bridgehead atoms. The summed E-state index contributed by atoms with van der Waals surface area (Å²) in [5.74, 6) is 1.92. The second-order valence-electron chi connectivity index (χ2n) is 7.58. The third kappa shape index (κ3) is 4.68. The van der Waals surface area contributed by atoms with Gasteiger partial charge in [-0.2, -0.15) is 0 Å². The summed E-state index contributed by atoms with van der Waals surface area (Å²) in [6, 6.07) is 20.7. The highest BCUT2D eigenvalue weighted by molar-refractivity contribution is 7.80. The lowest BCUT2D eigenvalue weighted by atomic mass is 10.0. The predicted molar refractivity (Wildman–Crippen MR) is 128 cm³/mol. The van der Waals surface area contributed by atoms with Crippen molar-refractivity contribution < 1.29 is 9.47 Å². The van der Waals surface area contributed by atoms with Gasteiger partial charge in [-0.05, 0) is 67.9 Å². The quantitative estimate of drug-likeness (QED) is 0.387. The second kappa shape index (κ2) is 9.81. The van der Waals surface area contributed by atoms with E-state index in [1.807, 2.05) is 29.2 Å². The Hall–Kier alpha value is -2.79. The maximum atomic E-state index is 6.10. The van der Waals surface area contributed by atoms with Crippen LogP contribution < -0.4 is 20.1 Å². The van der Waals surface area contributed by atoms with Gasteiger partial charge in [-0.1, -0.05) is 42.5 Å². The second-order valence-corrected chi connectivity index (χ2v) is 8.00. The van der Waals surface area contributed by atoms with Gasteiger partial charge in [-0.25, -0.2) is 0 Å². The van der Waals surface area contributed by atoms with Crippen LogP contribution in [0.3, 0.4) is 0 Å². The van der Waals surface area contributed by atoms with Crippen LogP contribution >= 0.6 is 12.2 Å². The average Bonchev–Trinajstić information content (AvgIpc) is 2.78. The molecule has 3 aromatic carbocycles. The van der Waals surface area contributed by atoms with Crippen LogP contribution in [0.15, 0.2) is 60.7 Å². The van der Waals surface area contributed by atoms with Crippen molar-refractivity contribution in [3.8, 4) is 11.5 Å². The van der Waals surface area contributed by atoms with E-state index in [-0.39, 0.29) is 0 Å². The third-order valence-electron chi connectivity index (χ3n) is 5.53. The molecule has 156 valence electrons. The maximum absolute atomic E-state index is 6.10. The first-order chi connectivity index (χ1) is 14.7. The SMILES string of the molecule is NC(=S)N1CCCc2c(OCCCCCOc3cccc4ccccc34)cccc21. The fourth-order valence-electron chi connectivity index (χ4n) is 4.02. The van der Waals surface area contributed by atoms with Crippen LogP contribution in [0.1, 0.15) is 31.2 Å². The molecule has 0 spiro atoms. The van der Waals surface area contributed by atoms with E-state index in [9.17, 15) is 0 Å². The Morgan fingerprint density at radius 1 is 0.867 bits per heavy atom. The van der Waals surface area contributed by atoms with Crippen molar-refractivity contribution in [2.45, 2.75) is 32.1 Å². The molecule has 4 rings (SSSR count). The van der Waals surface area contributed by atoms with Gasteiger partial charge in [0.15, 0.2) is 5.11 Å². The molecule has 0 amide bonds. The Morgan fingerprint density at radius 2 is 1.57 bits per heavy atom. The van der Waals surface area contributed by atoms with Gasteiger partial charge in [0.1, 0.15) is 11.5 Å². The summed E-state index contributed by atoms with van der Waals surface area (Å²) >= 11 is 5.19. The number of benzene rings is 3. The maximum Gasteiger partial charge on any atom is 0.170 e. The van der Waals surface area contributed by atoms with Crippen molar-refractivity contribution in [3.05, 3.63) is 66.2 Å². The Balaban J connectivity index is 1.23. The molecule has 30 heavy (non-hydrogen) atoms. The molecule has 0 aliphatic carbocycles. The molecule has 0 saturated carbocycles. The monoisotopic (exact) mass is 420 g/mol. The Bertz CT molecular complexity index is 1020. The average molecular weight is 421 g/mol. The van der Waals surface area contributed by atoms with E-state index in [1.54, 1.807) is 0 Å². The zero-order valence-electron chi connectivity index (χ0n) is 17.2. The van der Waals surface area contributed by atoms with Gasteiger partial charge in [-0.3, -0.25) is 0 Å². The van der Waals surface area contributed by atoms with Crippen LogP contribution in [0.5, 0.6) is 11.5 Å². The van der Waals surface area contributed by atoms with Crippen LogP contribution in [0.2, 0.25) is 0 Å². The van der Waals surface area contributed by atoms with Gasteiger partial charge < -0.3 is 20.1 Å². The molecule has 0 unspecified atom stereocenters. The first-order valence-electron chi connectivity index (χ1n) is 10.7. The number of fused-ring (bicyclic) bond motifs is 2. The molecule has 0 aromatic heterocycles. The summed E-state index contributed by atoms with van der Waals surface area (Å²) in [7, 11) is 0. The summed E-state index contributed by atoms with van der Waals surface area (Å²) in [6.45, 7) is 2.30. The molecule has 0 radical (unpaired) electrons. The summed E-state index contributed by atoms with van der Waals surface area (Å²) in [5.41, 5.74) is 8.19. The lowest BCUT2D eigenvalue weighted by Gasteiger charge is -2.30. The van der Waals surface area contributed by atoms with Crippen LogP contribution in [-0.4, -0.2) is 24.9 Å². The van der Waals surface area contributed by atoms with Gasteiger partial charge in [-0.15, -0.1) is 0 Å². The number of nitrogens with two attached hydrogens (primary N) is 1. The minimum atomic E-state index is 0.430. The van der Waals surface area contributed by atoms with Crippen molar-refractivity contribution in [1.82, 2.24) is 0 Å². The molecule has 5 heteroatoms. The Kier molecular flexibility index (Phi) is 6.70. The van der Waals surface area contributed by atoms with Gasteiger partial charge >= 0.3 is 0 Å². The van der Waals surface area contributed by atoms with Crippen molar-refractivity contribution in [3.63, 3.8) is 0 Å². The molecule has 1 aliphatic heterocycles. The van der Waals surface area contributed by atoms with E-state index in [1.165, 1.54) is 16.3 Å². The molecule has 1 heterocycles. The fourth-order valence-corrected chi connectivity index (χ4v) is 4.21. The largest absolute Gasteiger partial charge is 0.493 e. The Morgan fingerprint density at radius 3 is 2.40 bits per heavy atom. The minimum absolute atomic E-state index is 0.430. The molecule has 0 fully saturated rings. The lowest BCUT2D eigenvalue weighted by Crippen LogP contribution is -2.39. The summed E-state index contributed by atoms with van der Waals surface area (Å²) in [5, 5.41) is 2.81. The van der Waals surface area contributed by atoms with Gasteiger partial charge in [0, 0.05) is 23.2 Å². The summed E-state index contributed by atoms with van der Waals surface area (Å²) in [4.78, 5) is 2.01. The smallest absolute Gasteiger partial charge is 0.170 e. The van der Waals surface area contributed by atoms with Crippen molar-refractivity contribution in [2.24, 2.45) is 5.73 Å². The fraction of sp³-hybridized carbons (Fsp3) is 0.320. The number of thiocarbonyl (C=S) groups is 1. The first kappa shape index (κ1) is 20.5. The summed E-state index contributed by atoms with van der Waals surface area (Å²) in [6.07, 6.45) is 5.12. The number of anilines is 1. The minimum Gasteiger partial charge on any atom is -0.493 e. The topological polar surface area (TPSA) is 47.7 Å². The molecule has 0 saturated heterocycles. The number of rotatable bonds is 8. The van der Waals surface area contributed by atoms with E-state index in [0.29, 0.717) is 11.7 Å². The predicted octanol–water partition coefficient (Wildman–Crippen LogP) is 5.46. The number of ether oxygens (including phenoxy) is 2. The van der Waals surface area contributed by atoms with E-state index in [2.05, 4.69) is 36.4 Å². The van der Waals surface area contributed by atoms with Gasteiger partial charge in [0.25, 0.3) is 0 Å².